The zero-order chi connectivity index (χ0) is 14.0. The Labute approximate surface area is 116 Å². The van der Waals surface area contributed by atoms with Gasteiger partial charge in [0.15, 0.2) is 0 Å². The summed E-state index contributed by atoms with van der Waals surface area (Å²) in [6, 6.07) is 1.97. The summed E-state index contributed by atoms with van der Waals surface area (Å²) >= 11 is 5.58. The molecule has 1 saturated heterocycles. The van der Waals surface area contributed by atoms with E-state index < -0.39 is 5.37 Å². The summed E-state index contributed by atoms with van der Waals surface area (Å²) in [6.07, 6.45) is 2.99. The fourth-order valence-corrected chi connectivity index (χ4v) is 2.71. The summed E-state index contributed by atoms with van der Waals surface area (Å²) in [5.41, 5.74) is 0.430. The lowest BCUT2D eigenvalue weighted by Crippen LogP contribution is -2.57. The molecule has 7 heteroatoms. The summed E-state index contributed by atoms with van der Waals surface area (Å²) in [5.74, 6) is 0.569. The fraction of sp³-hybridized carbons (Fsp3) is 0.500. The van der Waals surface area contributed by atoms with Crippen molar-refractivity contribution < 1.29 is 4.79 Å². The number of halogens is 1. The molecule has 1 aromatic rings. The summed E-state index contributed by atoms with van der Waals surface area (Å²) in [5, 5.41) is 8.29. The zero-order valence-corrected chi connectivity index (χ0v) is 11.5. The van der Waals surface area contributed by atoms with Crippen LogP contribution in [0.4, 0.5) is 10.7 Å². The topological polar surface area (TPSA) is 73.1 Å². The molecule has 0 radical (unpaired) electrons. The van der Waals surface area contributed by atoms with Crippen LogP contribution in [0.1, 0.15) is 19.4 Å². The third-order valence-electron chi connectivity index (χ3n) is 3.17. The number of hydrogen-bond acceptors (Lipinski definition) is 5. The highest BCUT2D eigenvalue weighted by molar-refractivity contribution is 6.62. The monoisotopic (exact) mass is 279 g/mol. The molecule has 6 nitrogen and oxygen atoms in total. The number of rotatable bonds is 1. The minimum absolute atomic E-state index is 0.00649. The molecule has 2 heterocycles. The van der Waals surface area contributed by atoms with E-state index in [0.29, 0.717) is 24.6 Å². The van der Waals surface area contributed by atoms with Crippen LogP contribution in [0.3, 0.4) is 0 Å². The maximum atomic E-state index is 11.4. The molecule has 1 aromatic heterocycles. The van der Waals surface area contributed by atoms with Crippen molar-refractivity contribution in [2.75, 3.05) is 18.0 Å². The van der Waals surface area contributed by atoms with Gasteiger partial charge in [0.1, 0.15) is 6.07 Å². The normalized spacial score (nSPS) is 23.1. The first kappa shape index (κ1) is 13.6. The van der Waals surface area contributed by atoms with Crippen molar-refractivity contribution in [3.8, 4) is 6.07 Å². The first-order valence-corrected chi connectivity index (χ1v) is 6.35. The first-order valence-electron chi connectivity index (χ1n) is 5.97. The van der Waals surface area contributed by atoms with Gasteiger partial charge in [-0.05, 0) is 25.4 Å². The Morgan fingerprint density at radius 3 is 2.32 bits per heavy atom. The molecular formula is C12H14ClN5O. The highest BCUT2D eigenvalue weighted by Crippen LogP contribution is 2.20. The van der Waals surface area contributed by atoms with Crippen LogP contribution in [0.5, 0.6) is 0 Å². The van der Waals surface area contributed by atoms with Crippen LogP contribution in [-0.2, 0) is 0 Å². The van der Waals surface area contributed by atoms with E-state index in [-0.39, 0.29) is 12.1 Å². The molecule has 2 atom stereocenters. The van der Waals surface area contributed by atoms with E-state index in [2.05, 4.69) is 9.97 Å². The van der Waals surface area contributed by atoms with Crippen LogP contribution in [0.15, 0.2) is 12.4 Å². The highest BCUT2D eigenvalue weighted by atomic mass is 35.5. The van der Waals surface area contributed by atoms with Crippen molar-refractivity contribution in [1.29, 1.82) is 5.26 Å². The summed E-state index contributed by atoms with van der Waals surface area (Å²) in [6.45, 7) is 5.11. The van der Waals surface area contributed by atoms with E-state index in [4.69, 9.17) is 16.9 Å². The van der Waals surface area contributed by atoms with Gasteiger partial charge in [0.2, 0.25) is 5.95 Å². The van der Waals surface area contributed by atoms with E-state index in [1.54, 1.807) is 4.90 Å². The van der Waals surface area contributed by atoms with E-state index in [1.165, 1.54) is 12.4 Å². The predicted octanol–water partition coefficient (Wildman–Crippen LogP) is 1.61. The predicted molar refractivity (Wildman–Crippen MR) is 71.0 cm³/mol. The number of hydrogen-bond donors (Lipinski definition) is 0. The van der Waals surface area contributed by atoms with Gasteiger partial charge in [-0.25, -0.2) is 9.97 Å². The van der Waals surface area contributed by atoms with Crippen LogP contribution in [0.25, 0.3) is 0 Å². The van der Waals surface area contributed by atoms with E-state index in [1.807, 2.05) is 24.8 Å². The average Bonchev–Trinajstić information content (AvgIpc) is 2.37. The molecule has 0 unspecified atom stereocenters. The number of carbonyl (C=O) groups is 1. The number of aromatic nitrogens is 2. The van der Waals surface area contributed by atoms with Crippen LogP contribution in [-0.4, -0.2) is 45.4 Å². The fourth-order valence-electron chi connectivity index (χ4n) is 2.37. The molecule has 0 aliphatic carbocycles. The maximum absolute atomic E-state index is 11.4. The van der Waals surface area contributed by atoms with E-state index >= 15 is 0 Å². The number of amides is 1. The minimum atomic E-state index is -0.430. The van der Waals surface area contributed by atoms with Crippen molar-refractivity contribution in [2.24, 2.45) is 0 Å². The highest BCUT2D eigenvalue weighted by Gasteiger charge is 2.32. The van der Waals surface area contributed by atoms with Crippen LogP contribution in [0.2, 0.25) is 0 Å². The molecule has 0 aromatic carbocycles. The van der Waals surface area contributed by atoms with Crippen molar-refractivity contribution in [3.05, 3.63) is 18.0 Å². The van der Waals surface area contributed by atoms with Gasteiger partial charge in [-0.2, -0.15) is 5.26 Å². The summed E-state index contributed by atoms with van der Waals surface area (Å²) in [7, 11) is 0. The number of piperazine rings is 1. The Morgan fingerprint density at radius 2 is 1.89 bits per heavy atom. The molecule has 1 fully saturated rings. The van der Waals surface area contributed by atoms with Gasteiger partial charge in [-0.3, -0.25) is 4.79 Å². The van der Waals surface area contributed by atoms with Gasteiger partial charge in [-0.1, -0.05) is 0 Å². The van der Waals surface area contributed by atoms with Gasteiger partial charge in [0.05, 0.1) is 18.0 Å². The number of nitriles is 1. The second-order valence-corrected chi connectivity index (χ2v) is 4.97. The lowest BCUT2D eigenvalue weighted by atomic mass is 10.1. The van der Waals surface area contributed by atoms with Gasteiger partial charge < -0.3 is 9.80 Å². The van der Waals surface area contributed by atoms with Gasteiger partial charge in [0, 0.05) is 25.2 Å². The zero-order valence-electron chi connectivity index (χ0n) is 10.7. The number of anilines is 1. The third kappa shape index (κ3) is 2.76. The lowest BCUT2D eigenvalue weighted by Gasteiger charge is -2.43. The Morgan fingerprint density at radius 1 is 1.37 bits per heavy atom. The maximum Gasteiger partial charge on any atom is 0.316 e. The molecular weight excluding hydrogens is 266 g/mol. The molecule has 0 N–H and O–H groups in total. The summed E-state index contributed by atoms with van der Waals surface area (Å²) < 4.78 is 0. The Kier molecular flexibility index (Phi) is 3.86. The van der Waals surface area contributed by atoms with Crippen molar-refractivity contribution in [3.63, 3.8) is 0 Å². The first-order chi connectivity index (χ1) is 9.02. The molecule has 19 heavy (non-hydrogen) atoms. The minimum Gasteiger partial charge on any atom is -0.337 e. The number of nitrogens with zero attached hydrogens (tertiary/aromatic N) is 5. The molecule has 1 aliphatic heterocycles. The second kappa shape index (κ2) is 5.41. The molecule has 100 valence electrons. The summed E-state index contributed by atoms with van der Waals surface area (Å²) in [4.78, 5) is 23.3. The quantitative estimate of drug-likeness (QED) is 0.577. The standard InChI is InChI=1S/C12H14ClN5O/c1-8-6-17(7-9(2)18(8)11(13)19)12-15-4-10(3-14)5-16-12/h4-5,8-9H,6-7H2,1-2H3/t8-,9+. The molecule has 2 rings (SSSR count). The lowest BCUT2D eigenvalue weighted by molar-refractivity contribution is 0.162. The Balaban J connectivity index is 2.15. The Bertz CT molecular complexity index is 500. The smallest absolute Gasteiger partial charge is 0.316 e. The second-order valence-electron chi connectivity index (χ2n) is 4.65. The average molecular weight is 280 g/mol. The van der Waals surface area contributed by atoms with Crippen molar-refractivity contribution in [2.45, 2.75) is 25.9 Å². The SMILES string of the molecule is C[C@@H]1CN(c2ncc(C#N)cn2)C[C@H](C)N1C(=O)Cl. The third-order valence-corrected chi connectivity index (χ3v) is 3.37. The van der Waals surface area contributed by atoms with Gasteiger partial charge in [-0.15, -0.1) is 0 Å². The molecule has 0 spiro atoms. The molecule has 0 bridgehead atoms. The van der Waals surface area contributed by atoms with Crippen LogP contribution >= 0.6 is 11.6 Å². The Hall–Kier alpha value is -1.87. The van der Waals surface area contributed by atoms with Gasteiger partial charge >= 0.3 is 5.37 Å². The van der Waals surface area contributed by atoms with Crippen LogP contribution < -0.4 is 4.90 Å². The molecule has 1 aliphatic rings. The van der Waals surface area contributed by atoms with E-state index in [9.17, 15) is 4.79 Å². The van der Waals surface area contributed by atoms with Gasteiger partial charge in [0.25, 0.3) is 0 Å². The van der Waals surface area contributed by atoms with E-state index in [0.717, 1.165) is 0 Å². The molecule has 0 saturated carbocycles. The molecule has 1 amide bonds. The number of carbonyl (C=O) groups excluding carboxylic acids is 1. The van der Waals surface area contributed by atoms with Crippen molar-refractivity contribution >= 4 is 22.9 Å². The van der Waals surface area contributed by atoms with Crippen molar-refractivity contribution in [1.82, 2.24) is 14.9 Å². The largest absolute Gasteiger partial charge is 0.337 e. The van der Waals surface area contributed by atoms with Crippen LogP contribution in [0, 0.1) is 11.3 Å².